The van der Waals surface area contributed by atoms with Crippen molar-refractivity contribution in [3.8, 4) is 0 Å². The molecule has 1 saturated heterocycles. The Morgan fingerprint density at radius 3 is 3.25 bits per heavy atom. The van der Waals surface area contributed by atoms with E-state index in [1.54, 1.807) is 6.20 Å². The maximum atomic E-state index is 8.74. The molecular formula is C8H12N2O2. The number of nitrogens with one attached hydrogen (secondary N) is 1. The Labute approximate surface area is 70.6 Å². The van der Waals surface area contributed by atoms with Crippen LogP contribution in [0.4, 0.5) is 0 Å². The standard InChI is InChI=1S/C8H12N2O2/c11-5-6-4-10-8(12-6)7-2-1-3-9-7/h4,7,9,11H,1-3,5H2. The van der Waals surface area contributed by atoms with Gasteiger partial charge < -0.3 is 14.8 Å². The van der Waals surface area contributed by atoms with Gasteiger partial charge in [0.25, 0.3) is 0 Å². The predicted molar refractivity (Wildman–Crippen MR) is 42.4 cm³/mol. The Morgan fingerprint density at radius 2 is 2.67 bits per heavy atom. The predicted octanol–water partition coefficient (Wildman–Crippen LogP) is 0.591. The first-order valence-electron chi connectivity index (χ1n) is 4.19. The van der Waals surface area contributed by atoms with Crippen LogP contribution in [0.1, 0.15) is 30.5 Å². The van der Waals surface area contributed by atoms with Crippen LogP contribution in [0.25, 0.3) is 0 Å². The number of rotatable bonds is 2. The van der Waals surface area contributed by atoms with Crippen LogP contribution in [-0.2, 0) is 6.61 Å². The van der Waals surface area contributed by atoms with Gasteiger partial charge in [-0.15, -0.1) is 0 Å². The van der Waals surface area contributed by atoms with Crippen LogP contribution in [0.15, 0.2) is 10.6 Å². The minimum atomic E-state index is -0.0697. The molecule has 0 saturated carbocycles. The second kappa shape index (κ2) is 3.25. The second-order valence-corrected chi connectivity index (χ2v) is 2.97. The van der Waals surface area contributed by atoms with Gasteiger partial charge in [0.2, 0.25) is 5.89 Å². The van der Waals surface area contributed by atoms with Crippen molar-refractivity contribution in [1.29, 1.82) is 0 Å². The molecule has 1 aliphatic heterocycles. The quantitative estimate of drug-likeness (QED) is 0.678. The van der Waals surface area contributed by atoms with Crippen molar-refractivity contribution < 1.29 is 9.52 Å². The Bertz CT molecular complexity index is 253. The van der Waals surface area contributed by atoms with Crippen molar-refractivity contribution in [3.63, 3.8) is 0 Å². The summed E-state index contributed by atoms with van der Waals surface area (Å²) in [5, 5.41) is 12.0. The second-order valence-electron chi connectivity index (χ2n) is 2.97. The van der Waals surface area contributed by atoms with Crippen molar-refractivity contribution >= 4 is 0 Å². The lowest BCUT2D eigenvalue weighted by Crippen LogP contribution is -2.12. The van der Waals surface area contributed by atoms with Crippen molar-refractivity contribution in [2.75, 3.05) is 6.54 Å². The van der Waals surface area contributed by atoms with E-state index in [4.69, 9.17) is 9.52 Å². The van der Waals surface area contributed by atoms with Crippen LogP contribution in [0.5, 0.6) is 0 Å². The van der Waals surface area contributed by atoms with E-state index in [2.05, 4.69) is 10.3 Å². The van der Waals surface area contributed by atoms with Gasteiger partial charge in [0.15, 0.2) is 0 Å². The highest BCUT2D eigenvalue weighted by Gasteiger charge is 2.20. The lowest BCUT2D eigenvalue weighted by Gasteiger charge is -2.02. The monoisotopic (exact) mass is 168 g/mol. The first kappa shape index (κ1) is 7.76. The SMILES string of the molecule is OCc1cnc(C2CCCN2)o1. The summed E-state index contributed by atoms with van der Waals surface area (Å²) in [6.45, 7) is 0.960. The molecule has 0 spiro atoms. The van der Waals surface area contributed by atoms with E-state index < -0.39 is 0 Å². The lowest BCUT2D eigenvalue weighted by atomic mass is 10.2. The highest BCUT2D eigenvalue weighted by atomic mass is 16.4. The molecule has 0 amide bonds. The van der Waals surface area contributed by atoms with Crippen LogP contribution in [0.2, 0.25) is 0 Å². The molecule has 12 heavy (non-hydrogen) atoms. The van der Waals surface area contributed by atoms with E-state index in [0.717, 1.165) is 13.0 Å². The summed E-state index contributed by atoms with van der Waals surface area (Å²) in [5.41, 5.74) is 0. The molecule has 2 rings (SSSR count). The zero-order valence-electron chi connectivity index (χ0n) is 6.79. The third-order valence-electron chi connectivity index (χ3n) is 2.09. The van der Waals surface area contributed by atoms with Crippen molar-refractivity contribution in [1.82, 2.24) is 10.3 Å². The Hall–Kier alpha value is -0.870. The first-order chi connectivity index (χ1) is 5.90. The van der Waals surface area contributed by atoms with Crippen LogP contribution in [0, 0.1) is 0 Å². The average Bonchev–Trinajstić information content (AvgIpc) is 2.75. The summed E-state index contributed by atoms with van der Waals surface area (Å²) in [4.78, 5) is 4.08. The minimum Gasteiger partial charge on any atom is -0.442 e. The number of aromatic nitrogens is 1. The fourth-order valence-electron chi connectivity index (χ4n) is 1.45. The van der Waals surface area contributed by atoms with Gasteiger partial charge in [0, 0.05) is 0 Å². The van der Waals surface area contributed by atoms with E-state index in [1.807, 2.05) is 0 Å². The molecule has 1 aromatic heterocycles. The summed E-state index contributed by atoms with van der Waals surface area (Å²) in [5.74, 6) is 1.25. The van der Waals surface area contributed by atoms with Gasteiger partial charge in [-0.2, -0.15) is 0 Å². The van der Waals surface area contributed by atoms with E-state index in [1.165, 1.54) is 6.42 Å². The maximum absolute atomic E-state index is 8.74. The molecule has 1 unspecified atom stereocenters. The number of nitrogens with zero attached hydrogens (tertiary/aromatic N) is 1. The Kier molecular flexibility index (Phi) is 2.10. The number of aliphatic hydroxyl groups is 1. The number of aliphatic hydroxyl groups excluding tert-OH is 1. The maximum Gasteiger partial charge on any atom is 0.211 e. The topological polar surface area (TPSA) is 58.3 Å². The van der Waals surface area contributed by atoms with E-state index in [9.17, 15) is 0 Å². The van der Waals surface area contributed by atoms with Crippen molar-refractivity contribution in [2.24, 2.45) is 0 Å². The molecule has 0 bridgehead atoms. The molecule has 0 radical (unpaired) electrons. The highest BCUT2D eigenvalue weighted by molar-refractivity contribution is 4.98. The molecule has 0 aromatic carbocycles. The van der Waals surface area contributed by atoms with Crippen LogP contribution >= 0.6 is 0 Å². The molecule has 2 N–H and O–H groups in total. The number of oxazole rings is 1. The molecule has 0 aliphatic carbocycles. The summed E-state index contributed by atoms with van der Waals surface area (Å²) >= 11 is 0. The number of hydrogen-bond donors (Lipinski definition) is 2. The smallest absolute Gasteiger partial charge is 0.211 e. The molecule has 1 aromatic rings. The van der Waals surface area contributed by atoms with Crippen molar-refractivity contribution in [3.05, 3.63) is 17.8 Å². The van der Waals surface area contributed by atoms with E-state index >= 15 is 0 Å². The van der Waals surface area contributed by atoms with Gasteiger partial charge in [-0.3, -0.25) is 0 Å². The molecule has 4 nitrogen and oxygen atoms in total. The third-order valence-corrected chi connectivity index (χ3v) is 2.09. The molecule has 1 atom stereocenters. The molecule has 66 valence electrons. The average molecular weight is 168 g/mol. The molecule has 4 heteroatoms. The number of hydrogen-bond acceptors (Lipinski definition) is 4. The third kappa shape index (κ3) is 1.35. The van der Waals surface area contributed by atoms with Crippen LogP contribution in [-0.4, -0.2) is 16.6 Å². The molecular weight excluding hydrogens is 156 g/mol. The zero-order chi connectivity index (χ0) is 8.39. The van der Waals surface area contributed by atoms with E-state index in [0.29, 0.717) is 11.7 Å². The van der Waals surface area contributed by atoms with Gasteiger partial charge in [-0.25, -0.2) is 4.98 Å². The summed E-state index contributed by atoms with van der Waals surface area (Å²) in [6.07, 6.45) is 3.82. The normalized spacial score (nSPS) is 23.2. The fourth-order valence-corrected chi connectivity index (χ4v) is 1.45. The Morgan fingerprint density at radius 1 is 1.75 bits per heavy atom. The van der Waals surface area contributed by atoms with Gasteiger partial charge in [-0.1, -0.05) is 0 Å². The highest BCUT2D eigenvalue weighted by Crippen LogP contribution is 2.22. The summed E-state index contributed by atoms with van der Waals surface area (Å²) < 4.78 is 5.29. The molecule has 2 heterocycles. The first-order valence-corrected chi connectivity index (χ1v) is 4.19. The summed E-state index contributed by atoms with van der Waals surface area (Å²) in [7, 11) is 0. The lowest BCUT2D eigenvalue weighted by molar-refractivity contribution is 0.240. The van der Waals surface area contributed by atoms with Gasteiger partial charge in [0.05, 0.1) is 12.2 Å². The van der Waals surface area contributed by atoms with E-state index in [-0.39, 0.29) is 12.6 Å². The van der Waals surface area contributed by atoms with Gasteiger partial charge in [0.1, 0.15) is 12.4 Å². The zero-order valence-corrected chi connectivity index (χ0v) is 6.79. The largest absolute Gasteiger partial charge is 0.442 e. The van der Waals surface area contributed by atoms with Crippen molar-refractivity contribution in [2.45, 2.75) is 25.5 Å². The Balaban J connectivity index is 2.11. The summed E-state index contributed by atoms with van der Waals surface area (Å²) in [6, 6.07) is 0.255. The van der Waals surface area contributed by atoms with Gasteiger partial charge in [-0.05, 0) is 19.4 Å². The minimum absolute atomic E-state index is 0.0697. The van der Waals surface area contributed by atoms with Gasteiger partial charge >= 0.3 is 0 Å². The van der Waals surface area contributed by atoms with Crippen LogP contribution in [0.3, 0.4) is 0 Å². The molecule has 1 fully saturated rings. The molecule has 1 aliphatic rings. The fraction of sp³-hybridized carbons (Fsp3) is 0.625. The van der Waals surface area contributed by atoms with Crippen LogP contribution < -0.4 is 5.32 Å².